The van der Waals surface area contributed by atoms with Gasteiger partial charge in [0, 0.05) is 16.8 Å². The molecular weight excluding hydrogens is 342 g/mol. The second kappa shape index (κ2) is 9.79. The largest absolute Gasteiger partial charge is 0.382 e. The summed E-state index contributed by atoms with van der Waals surface area (Å²) in [5.41, 5.74) is 13.0. The number of aromatic nitrogens is 2. The fraction of sp³-hybridized carbons (Fsp3) is 0.100. The van der Waals surface area contributed by atoms with Crippen molar-refractivity contribution in [3.8, 4) is 11.3 Å². The van der Waals surface area contributed by atoms with Crippen LogP contribution in [0.15, 0.2) is 60.8 Å². The van der Waals surface area contributed by atoms with Crippen LogP contribution in [0.2, 0.25) is 0 Å². The SMILES string of the molecule is CCN.Nc1ncc(-c2cccc(C=O)c2)nc1C(=O)Nc1ccccc1. The third kappa shape index (κ3) is 5.45. The molecule has 138 valence electrons. The maximum atomic E-state index is 12.4. The molecule has 0 saturated heterocycles. The first kappa shape index (κ1) is 19.7. The first-order valence-corrected chi connectivity index (χ1v) is 8.33. The second-order valence-corrected chi connectivity index (χ2v) is 5.46. The van der Waals surface area contributed by atoms with Gasteiger partial charge in [-0.1, -0.05) is 43.3 Å². The Kier molecular flexibility index (Phi) is 7.16. The zero-order valence-corrected chi connectivity index (χ0v) is 14.9. The van der Waals surface area contributed by atoms with Gasteiger partial charge in [-0.3, -0.25) is 9.59 Å². The molecule has 0 atom stereocenters. The van der Waals surface area contributed by atoms with Crippen molar-refractivity contribution in [3.63, 3.8) is 0 Å². The lowest BCUT2D eigenvalue weighted by Crippen LogP contribution is -2.17. The van der Waals surface area contributed by atoms with Crippen molar-refractivity contribution in [1.29, 1.82) is 0 Å². The molecule has 0 bridgehead atoms. The predicted octanol–water partition coefficient (Wildman–Crippen LogP) is 2.76. The minimum atomic E-state index is -0.445. The molecule has 0 aliphatic carbocycles. The van der Waals surface area contributed by atoms with E-state index >= 15 is 0 Å². The fourth-order valence-corrected chi connectivity index (χ4v) is 2.19. The molecule has 0 unspecified atom stereocenters. The zero-order valence-electron chi connectivity index (χ0n) is 14.9. The molecular formula is C20H21N5O2. The number of anilines is 2. The highest BCUT2D eigenvalue weighted by Gasteiger charge is 2.15. The number of hydrogen-bond acceptors (Lipinski definition) is 6. The first-order valence-electron chi connectivity index (χ1n) is 8.33. The monoisotopic (exact) mass is 363 g/mol. The topological polar surface area (TPSA) is 124 Å². The summed E-state index contributed by atoms with van der Waals surface area (Å²) >= 11 is 0. The molecule has 0 saturated carbocycles. The number of amides is 1. The van der Waals surface area contributed by atoms with E-state index in [0.717, 1.165) is 12.8 Å². The molecule has 7 heteroatoms. The van der Waals surface area contributed by atoms with E-state index in [1.54, 1.807) is 36.4 Å². The van der Waals surface area contributed by atoms with Gasteiger partial charge in [0.05, 0.1) is 11.9 Å². The average molecular weight is 363 g/mol. The van der Waals surface area contributed by atoms with Gasteiger partial charge >= 0.3 is 0 Å². The van der Waals surface area contributed by atoms with Gasteiger partial charge in [0.2, 0.25) is 0 Å². The number of nitrogen functional groups attached to an aromatic ring is 1. The normalized spacial score (nSPS) is 9.70. The maximum Gasteiger partial charge on any atom is 0.278 e. The maximum absolute atomic E-state index is 12.4. The molecule has 7 nitrogen and oxygen atoms in total. The lowest BCUT2D eigenvalue weighted by atomic mass is 10.1. The molecule has 0 aliphatic heterocycles. The van der Waals surface area contributed by atoms with Gasteiger partial charge < -0.3 is 16.8 Å². The van der Waals surface area contributed by atoms with Gasteiger partial charge in [0.1, 0.15) is 6.29 Å². The highest BCUT2D eigenvalue weighted by atomic mass is 16.2. The Morgan fingerprint density at radius 3 is 2.52 bits per heavy atom. The third-order valence-corrected chi connectivity index (χ3v) is 3.37. The molecule has 5 N–H and O–H groups in total. The predicted molar refractivity (Wildman–Crippen MR) is 106 cm³/mol. The van der Waals surface area contributed by atoms with Gasteiger partial charge in [-0.05, 0) is 24.7 Å². The zero-order chi connectivity index (χ0) is 19.6. The molecule has 0 radical (unpaired) electrons. The Hall–Kier alpha value is -3.58. The molecule has 0 spiro atoms. The Bertz CT molecular complexity index is 913. The summed E-state index contributed by atoms with van der Waals surface area (Å²) < 4.78 is 0. The average Bonchev–Trinajstić information content (AvgIpc) is 2.69. The van der Waals surface area contributed by atoms with Crippen LogP contribution >= 0.6 is 0 Å². The van der Waals surface area contributed by atoms with Gasteiger partial charge in [0.25, 0.3) is 5.91 Å². The number of rotatable bonds is 4. The lowest BCUT2D eigenvalue weighted by Gasteiger charge is -2.08. The number of nitrogens with two attached hydrogens (primary N) is 2. The van der Waals surface area contributed by atoms with Crippen LogP contribution in [-0.4, -0.2) is 28.7 Å². The van der Waals surface area contributed by atoms with Gasteiger partial charge in [-0.2, -0.15) is 0 Å². The van der Waals surface area contributed by atoms with Crippen LogP contribution in [0.1, 0.15) is 27.8 Å². The number of nitrogens with one attached hydrogen (secondary N) is 1. The highest BCUT2D eigenvalue weighted by Crippen LogP contribution is 2.20. The summed E-state index contributed by atoms with van der Waals surface area (Å²) in [6.07, 6.45) is 2.22. The summed E-state index contributed by atoms with van der Waals surface area (Å²) in [6, 6.07) is 15.9. The smallest absolute Gasteiger partial charge is 0.278 e. The fourth-order valence-electron chi connectivity index (χ4n) is 2.19. The van der Waals surface area contributed by atoms with E-state index in [4.69, 9.17) is 11.5 Å². The number of nitrogens with zero attached hydrogens (tertiary/aromatic N) is 2. The van der Waals surface area contributed by atoms with Crippen molar-refractivity contribution in [2.24, 2.45) is 5.73 Å². The molecule has 1 aromatic heterocycles. The molecule has 3 rings (SSSR count). The van der Waals surface area contributed by atoms with Crippen LogP contribution in [0.25, 0.3) is 11.3 Å². The van der Waals surface area contributed by atoms with Crippen molar-refractivity contribution in [2.45, 2.75) is 6.92 Å². The van der Waals surface area contributed by atoms with Crippen LogP contribution < -0.4 is 16.8 Å². The number of carbonyl (C=O) groups excluding carboxylic acids is 2. The van der Waals surface area contributed by atoms with Crippen molar-refractivity contribution in [3.05, 3.63) is 72.1 Å². The van der Waals surface area contributed by atoms with E-state index in [0.29, 0.717) is 22.5 Å². The van der Waals surface area contributed by atoms with Gasteiger partial charge in [0.15, 0.2) is 11.5 Å². The van der Waals surface area contributed by atoms with E-state index in [9.17, 15) is 9.59 Å². The number of aldehydes is 1. The Morgan fingerprint density at radius 2 is 1.85 bits per heavy atom. The molecule has 1 heterocycles. The van der Waals surface area contributed by atoms with Crippen LogP contribution in [0.5, 0.6) is 0 Å². The third-order valence-electron chi connectivity index (χ3n) is 3.37. The molecule has 0 fully saturated rings. The summed E-state index contributed by atoms with van der Waals surface area (Å²) in [5.74, 6) is -0.404. The summed E-state index contributed by atoms with van der Waals surface area (Å²) in [6.45, 7) is 2.65. The lowest BCUT2D eigenvalue weighted by molar-refractivity contribution is 0.102. The van der Waals surface area contributed by atoms with E-state index < -0.39 is 5.91 Å². The second-order valence-electron chi connectivity index (χ2n) is 5.46. The minimum absolute atomic E-state index is 0.0351. The molecule has 0 aliphatic rings. The van der Waals surface area contributed by atoms with Crippen LogP contribution in [0, 0.1) is 0 Å². The molecule has 1 amide bonds. The molecule has 2 aromatic carbocycles. The van der Waals surface area contributed by atoms with Crippen LogP contribution in [-0.2, 0) is 0 Å². The molecule has 27 heavy (non-hydrogen) atoms. The van der Waals surface area contributed by atoms with E-state index in [2.05, 4.69) is 15.3 Å². The minimum Gasteiger partial charge on any atom is -0.382 e. The summed E-state index contributed by atoms with van der Waals surface area (Å²) in [7, 11) is 0. The number of benzene rings is 2. The standard InChI is InChI=1S/C18H14N4O2.C2H7N/c19-17-16(18(24)21-14-7-2-1-3-8-14)22-15(10-20-17)13-6-4-5-12(9-13)11-23;1-2-3/h1-11H,(H2,19,20)(H,21,24);2-3H2,1H3. The summed E-state index contributed by atoms with van der Waals surface area (Å²) in [5, 5.41) is 2.72. The van der Waals surface area contributed by atoms with E-state index in [1.165, 1.54) is 6.20 Å². The molecule has 3 aromatic rings. The number of hydrogen-bond donors (Lipinski definition) is 3. The highest BCUT2D eigenvalue weighted by molar-refractivity contribution is 6.06. The van der Waals surface area contributed by atoms with E-state index in [1.807, 2.05) is 25.1 Å². The number of carbonyl (C=O) groups is 2. The van der Waals surface area contributed by atoms with Gasteiger partial charge in [-0.25, -0.2) is 9.97 Å². The van der Waals surface area contributed by atoms with Crippen molar-refractivity contribution < 1.29 is 9.59 Å². The van der Waals surface area contributed by atoms with Crippen molar-refractivity contribution in [1.82, 2.24) is 9.97 Å². The van der Waals surface area contributed by atoms with Crippen LogP contribution in [0.3, 0.4) is 0 Å². The Labute approximate surface area is 157 Å². The van der Waals surface area contributed by atoms with Gasteiger partial charge in [-0.15, -0.1) is 0 Å². The van der Waals surface area contributed by atoms with Crippen LogP contribution in [0.4, 0.5) is 11.5 Å². The Balaban J connectivity index is 0.000000817. The quantitative estimate of drug-likeness (QED) is 0.612. The van der Waals surface area contributed by atoms with E-state index in [-0.39, 0.29) is 11.5 Å². The Morgan fingerprint density at radius 1 is 1.15 bits per heavy atom. The van der Waals surface area contributed by atoms with Crippen molar-refractivity contribution >= 4 is 23.7 Å². The van der Waals surface area contributed by atoms with Crippen molar-refractivity contribution in [2.75, 3.05) is 17.6 Å². The summed E-state index contributed by atoms with van der Waals surface area (Å²) in [4.78, 5) is 31.6. The number of para-hydroxylation sites is 1. The first-order chi connectivity index (χ1) is 13.1.